The molecule has 0 radical (unpaired) electrons. The van der Waals surface area contributed by atoms with Gasteiger partial charge in [-0.05, 0) is 73.0 Å². The zero-order valence-corrected chi connectivity index (χ0v) is 21.0. The Balaban J connectivity index is 1.49. The van der Waals surface area contributed by atoms with Crippen molar-refractivity contribution in [2.24, 2.45) is 5.10 Å². The molecule has 0 aliphatic heterocycles. The molecule has 0 bridgehead atoms. The first-order valence-corrected chi connectivity index (χ1v) is 12.9. The van der Waals surface area contributed by atoms with Gasteiger partial charge in [-0.15, -0.1) is 0 Å². The van der Waals surface area contributed by atoms with Gasteiger partial charge in [-0.1, -0.05) is 12.1 Å². The number of carbonyl (C=O) groups excluding carboxylic acids is 2. The molecular weight excluding hydrogens is 484 g/mol. The summed E-state index contributed by atoms with van der Waals surface area (Å²) in [5.41, 5.74) is 5.16. The van der Waals surface area contributed by atoms with E-state index in [4.69, 9.17) is 9.15 Å². The summed E-state index contributed by atoms with van der Waals surface area (Å²) >= 11 is 0. The molecule has 2 aromatic carbocycles. The summed E-state index contributed by atoms with van der Waals surface area (Å²) in [5.74, 6) is 0.261. The Morgan fingerprint density at radius 3 is 2.47 bits per heavy atom. The normalized spacial score (nSPS) is 11.3. The molecule has 190 valence electrons. The molecule has 36 heavy (non-hydrogen) atoms. The zero-order valence-electron chi connectivity index (χ0n) is 20.2. The predicted octanol–water partition coefficient (Wildman–Crippen LogP) is 2.51. The quantitative estimate of drug-likeness (QED) is 0.300. The molecule has 0 aliphatic rings. The van der Waals surface area contributed by atoms with Gasteiger partial charge >= 0.3 is 0 Å². The van der Waals surface area contributed by atoms with Crippen molar-refractivity contribution in [3.8, 4) is 5.75 Å². The van der Waals surface area contributed by atoms with Crippen LogP contribution in [-0.2, 0) is 26.2 Å². The molecule has 0 spiro atoms. The van der Waals surface area contributed by atoms with Gasteiger partial charge in [-0.2, -0.15) is 5.10 Å². The van der Waals surface area contributed by atoms with Gasteiger partial charge in [0.2, 0.25) is 10.0 Å². The van der Waals surface area contributed by atoms with Crippen molar-refractivity contribution in [3.63, 3.8) is 0 Å². The summed E-state index contributed by atoms with van der Waals surface area (Å²) in [6.07, 6.45) is 4.00. The lowest BCUT2D eigenvalue weighted by atomic mass is 10.1. The van der Waals surface area contributed by atoms with Crippen molar-refractivity contribution in [2.75, 3.05) is 23.7 Å². The minimum absolute atomic E-state index is 0.151. The third kappa shape index (κ3) is 7.70. The Labute approximate surface area is 210 Å². The number of amides is 2. The number of hydrogen-bond donors (Lipinski definition) is 2. The molecular formula is C25H28N4O6S. The van der Waals surface area contributed by atoms with Crippen LogP contribution in [0, 0.1) is 13.8 Å². The Morgan fingerprint density at radius 2 is 1.81 bits per heavy atom. The van der Waals surface area contributed by atoms with Crippen LogP contribution < -0.4 is 19.8 Å². The van der Waals surface area contributed by atoms with E-state index in [-0.39, 0.29) is 19.1 Å². The van der Waals surface area contributed by atoms with E-state index in [1.165, 1.54) is 12.5 Å². The second-order valence-corrected chi connectivity index (χ2v) is 9.90. The van der Waals surface area contributed by atoms with Gasteiger partial charge in [-0.3, -0.25) is 13.9 Å². The highest BCUT2D eigenvalue weighted by Crippen LogP contribution is 2.24. The van der Waals surface area contributed by atoms with Gasteiger partial charge in [0.05, 0.1) is 31.0 Å². The minimum atomic E-state index is -3.69. The Hall–Kier alpha value is -4.12. The molecule has 0 saturated heterocycles. The van der Waals surface area contributed by atoms with Gasteiger partial charge in [-0.25, -0.2) is 13.8 Å². The number of furan rings is 1. The second kappa shape index (κ2) is 12.0. The smallest absolute Gasteiger partial charge is 0.260 e. The molecule has 3 rings (SSSR count). The molecule has 10 nitrogen and oxygen atoms in total. The van der Waals surface area contributed by atoms with Crippen LogP contribution in [0.5, 0.6) is 5.75 Å². The summed E-state index contributed by atoms with van der Waals surface area (Å²) in [5, 5.41) is 6.59. The van der Waals surface area contributed by atoms with Crippen LogP contribution in [0.15, 0.2) is 70.4 Å². The van der Waals surface area contributed by atoms with Crippen LogP contribution in [0.4, 0.5) is 5.69 Å². The van der Waals surface area contributed by atoms with Crippen LogP contribution in [0.1, 0.15) is 22.5 Å². The van der Waals surface area contributed by atoms with E-state index in [0.717, 1.165) is 21.7 Å². The average molecular weight is 513 g/mol. The van der Waals surface area contributed by atoms with Crippen LogP contribution in [-0.4, -0.2) is 45.9 Å². The highest BCUT2D eigenvalue weighted by Gasteiger charge is 2.22. The maximum atomic E-state index is 12.4. The van der Waals surface area contributed by atoms with Crippen LogP contribution >= 0.6 is 0 Å². The second-order valence-electron chi connectivity index (χ2n) is 8.00. The first kappa shape index (κ1) is 26.5. The number of hydrogen-bond acceptors (Lipinski definition) is 7. The SMILES string of the molecule is Cc1cccc(N(CC(=O)NN=Cc2ccc(OCC(=O)NCc3ccco3)cc2)S(C)(=O)=O)c1C. The van der Waals surface area contributed by atoms with Crippen molar-refractivity contribution < 1.29 is 27.2 Å². The fraction of sp³-hybridized carbons (Fsp3) is 0.240. The molecule has 0 aliphatic carbocycles. The third-order valence-electron chi connectivity index (χ3n) is 5.23. The lowest BCUT2D eigenvalue weighted by Crippen LogP contribution is -2.39. The predicted molar refractivity (Wildman–Crippen MR) is 136 cm³/mol. The topological polar surface area (TPSA) is 130 Å². The van der Waals surface area contributed by atoms with Crippen molar-refractivity contribution in [1.29, 1.82) is 0 Å². The number of nitrogens with zero attached hydrogens (tertiary/aromatic N) is 2. The molecule has 0 atom stereocenters. The van der Waals surface area contributed by atoms with Gasteiger partial charge in [0.1, 0.15) is 18.1 Å². The number of rotatable bonds is 11. The monoisotopic (exact) mass is 512 g/mol. The standard InChI is InChI=1S/C25H28N4O6S/c1-18-6-4-8-23(19(18)2)29(36(3,32)33)16-24(30)28-27-14-20-9-11-21(12-10-20)35-17-25(31)26-15-22-7-5-13-34-22/h4-14H,15-17H2,1-3H3,(H,26,31)(H,28,30). The van der Waals surface area contributed by atoms with Crippen molar-refractivity contribution in [1.82, 2.24) is 10.7 Å². The summed E-state index contributed by atoms with van der Waals surface area (Å²) in [6.45, 7) is 3.40. The van der Waals surface area contributed by atoms with E-state index in [1.807, 2.05) is 13.0 Å². The highest BCUT2D eigenvalue weighted by atomic mass is 32.2. The summed E-state index contributed by atoms with van der Waals surface area (Å²) < 4.78 is 36.3. The molecule has 0 saturated carbocycles. The first-order chi connectivity index (χ1) is 17.1. The molecule has 1 aromatic heterocycles. The number of anilines is 1. The lowest BCUT2D eigenvalue weighted by molar-refractivity contribution is -0.123. The fourth-order valence-electron chi connectivity index (χ4n) is 3.18. The molecule has 2 amide bonds. The van der Waals surface area contributed by atoms with Gasteiger partial charge in [0.25, 0.3) is 11.8 Å². The molecule has 2 N–H and O–H groups in total. The zero-order chi connectivity index (χ0) is 26.1. The summed E-state index contributed by atoms with van der Waals surface area (Å²) in [4.78, 5) is 24.3. The van der Waals surface area contributed by atoms with E-state index in [2.05, 4.69) is 15.8 Å². The number of sulfonamides is 1. The van der Waals surface area contributed by atoms with Gasteiger partial charge < -0.3 is 14.5 Å². The number of nitrogens with one attached hydrogen (secondary N) is 2. The summed E-state index contributed by atoms with van der Waals surface area (Å²) in [7, 11) is -3.69. The number of ether oxygens (including phenoxy) is 1. The van der Waals surface area contributed by atoms with Crippen LogP contribution in [0.2, 0.25) is 0 Å². The van der Waals surface area contributed by atoms with Crippen molar-refractivity contribution in [3.05, 3.63) is 83.3 Å². The molecule has 0 unspecified atom stereocenters. The maximum absolute atomic E-state index is 12.4. The molecule has 1 heterocycles. The molecule has 11 heteroatoms. The molecule has 0 fully saturated rings. The van der Waals surface area contributed by atoms with Crippen molar-refractivity contribution in [2.45, 2.75) is 20.4 Å². The van der Waals surface area contributed by atoms with E-state index < -0.39 is 22.5 Å². The number of aryl methyl sites for hydroxylation is 1. The summed E-state index contributed by atoms with van der Waals surface area (Å²) in [6, 6.07) is 15.5. The van der Waals surface area contributed by atoms with Crippen LogP contribution in [0.25, 0.3) is 0 Å². The van der Waals surface area contributed by atoms with Gasteiger partial charge in [0.15, 0.2) is 6.61 Å². The van der Waals surface area contributed by atoms with E-state index in [1.54, 1.807) is 55.5 Å². The Bertz CT molecular complexity index is 1320. The largest absolute Gasteiger partial charge is 0.484 e. The third-order valence-corrected chi connectivity index (χ3v) is 6.35. The van der Waals surface area contributed by atoms with Gasteiger partial charge in [0, 0.05) is 0 Å². The Morgan fingerprint density at radius 1 is 1.06 bits per heavy atom. The van der Waals surface area contributed by atoms with Crippen LogP contribution in [0.3, 0.4) is 0 Å². The first-order valence-electron chi connectivity index (χ1n) is 11.0. The molecule has 3 aromatic rings. The maximum Gasteiger partial charge on any atom is 0.260 e. The van der Waals surface area contributed by atoms with Crippen molar-refractivity contribution >= 4 is 33.7 Å². The highest BCUT2D eigenvalue weighted by molar-refractivity contribution is 7.92. The van der Waals surface area contributed by atoms with E-state index in [9.17, 15) is 18.0 Å². The fourth-order valence-corrected chi connectivity index (χ4v) is 4.09. The van der Waals surface area contributed by atoms with E-state index in [0.29, 0.717) is 22.8 Å². The average Bonchev–Trinajstić information content (AvgIpc) is 3.36. The lowest BCUT2D eigenvalue weighted by Gasteiger charge is -2.23. The Kier molecular flexibility index (Phi) is 8.85. The van der Waals surface area contributed by atoms with E-state index >= 15 is 0 Å². The number of benzene rings is 2. The minimum Gasteiger partial charge on any atom is -0.484 e. The number of carbonyl (C=O) groups is 2. The number of hydrazone groups is 1.